The van der Waals surface area contributed by atoms with Crippen LogP contribution in [0.5, 0.6) is 5.75 Å². The van der Waals surface area contributed by atoms with Crippen molar-refractivity contribution in [3.05, 3.63) is 24.3 Å². The predicted octanol–water partition coefficient (Wildman–Crippen LogP) is 0.625. The van der Waals surface area contributed by atoms with E-state index in [2.05, 4.69) is 15.5 Å². The Kier molecular flexibility index (Phi) is 7.57. The lowest BCUT2D eigenvalue weighted by Crippen LogP contribution is -2.49. The number of hydrogen-bond donors (Lipinski definition) is 2. The summed E-state index contributed by atoms with van der Waals surface area (Å²) in [7, 11) is -1.71. The number of hydrogen-bond acceptors (Lipinski definition) is 6. The molecule has 10 heteroatoms. The molecule has 0 radical (unpaired) electrons. The fraction of sp³-hybridized carbons (Fsp3) is 0.632. The van der Waals surface area contributed by atoms with Gasteiger partial charge in [-0.2, -0.15) is 4.31 Å². The third-order valence-corrected chi connectivity index (χ3v) is 7.15. The number of morpholine rings is 1. The highest BCUT2D eigenvalue weighted by molar-refractivity contribution is 7.89. The molecule has 0 aromatic heterocycles. The van der Waals surface area contributed by atoms with Crippen molar-refractivity contribution in [3.8, 4) is 5.75 Å². The molecule has 162 valence electrons. The molecule has 0 atom stereocenters. The molecule has 0 bridgehead atoms. The molecule has 1 aromatic rings. The van der Waals surface area contributed by atoms with Gasteiger partial charge in [0.15, 0.2) is 0 Å². The average Bonchev–Trinajstić information content (AvgIpc) is 2.75. The van der Waals surface area contributed by atoms with Crippen molar-refractivity contribution in [2.45, 2.75) is 18.9 Å². The number of carbonyl (C=O) groups excluding carboxylic acids is 1. The largest absolute Gasteiger partial charge is 0.497 e. The van der Waals surface area contributed by atoms with Crippen molar-refractivity contribution in [2.75, 3.05) is 63.7 Å². The molecule has 0 unspecified atom stereocenters. The van der Waals surface area contributed by atoms with Gasteiger partial charge in [0.1, 0.15) is 5.75 Å². The summed E-state index contributed by atoms with van der Waals surface area (Å²) in [5.74, 6) is 0.730. The van der Waals surface area contributed by atoms with E-state index in [-0.39, 0.29) is 24.4 Å². The summed E-state index contributed by atoms with van der Waals surface area (Å²) in [5, 5.41) is 5.62. The maximum absolute atomic E-state index is 12.3. The zero-order chi connectivity index (χ0) is 20.7. The van der Waals surface area contributed by atoms with Crippen molar-refractivity contribution < 1.29 is 22.7 Å². The van der Waals surface area contributed by atoms with E-state index in [1.165, 1.54) is 4.31 Å². The number of nitrogens with zero attached hydrogens (tertiary/aromatic N) is 2. The van der Waals surface area contributed by atoms with Gasteiger partial charge in [-0.1, -0.05) is 0 Å². The van der Waals surface area contributed by atoms with E-state index in [9.17, 15) is 13.2 Å². The van der Waals surface area contributed by atoms with E-state index >= 15 is 0 Å². The van der Waals surface area contributed by atoms with Gasteiger partial charge in [0, 0.05) is 44.5 Å². The van der Waals surface area contributed by atoms with Gasteiger partial charge in [-0.15, -0.1) is 0 Å². The second kappa shape index (κ2) is 10.1. The smallest absolute Gasteiger partial charge is 0.315 e. The summed E-state index contributed by atoms with van der Waals surface area (Å²) in [4.78, 5) is 14.4. The number of rotatable bonds is 7. The Bertz CT molecular complexity index is 757. The number of sulfonamides is 1. The molecule has 1 aromatic carbocycles. The third kappa shape index (κ3) is 6.22. The van der Waals surface area contributed by atoms with Crippen LogP contribution < -0.4 is 20.3 Å². The van der Waals surface area contributed by atoms with Gasteiger partial charge in [-0.05, 0) is 37.1 Å². The minimum atomic E-state index is -3.36. The average molecular weight is 427 g/mol. The van der Waals surface area contributed by atoms with Gasteiger partial charge < -0.3 is 25.0 Å². The molecule has 0 aliphatic carbocycles. The van der Waals surface area contributed by atoms with Crippen LogP contribution in [0.25, 0.3) is 0 Å². The molecule has 2 heterocycles. The number of urea groups is 1. The maximum atomic E-state index is 12.3. The van der Waals surface area contributed by atoms with Gasteiger partial charge in [0.05, 0.1) is 26.1 Å². The van der Waals surface area contributed by atoms with E-state index in [1.807, 2.05) is 24.3 Å². The summed E-state index contributed by atoms with van der Waals surface area (Å²) in [6, 6.07) is 7.73. The van der Waals surface area contributed by atoms with Crippen molar-refractivity contribution in [1.29, 1.82) is 0 Å². The second-order valence-electron chi connectivity index (χ2n) is 7.19. The zero-order valence-electron chi connectivity index (χ0n) is 16.8. The number of methoxy groups -OCH3 is 1. The number of anilines is 1. The van der Waals surface area contributed by atoms with E-state index in [4.69, 9.17) is 9.47 Å². The van der Waals surface area contributed by atoms with Gasteiger partial charge in [0.25, 0.3) is 0 Å². The highest BCUT2D eigenvalue weighted by Crippen LogP contribution is 2.22. The topological polar surface area (TPSA) is 100 Å². The van der Waals surface area contributed by atoms with E-state index in [0.29, 0.717) is 26.3 Å². The lowest BCUT2D eigenvalue weighted by molar-refractivity contribution is 0.0730. The number of benzene rings is 1. The van der Waals surface area contributed by atoms with E-state index in [0.717, 1.165) is 37.4 Å². The van der Waals surface area contributed by atoms with Gasteiger partial charge in [0.2, 0.25) is 10.0 Å². The monoisotopic (exact) mass is 426 g/mol. The van der Waals surface area contributed by atoms with Crippen LogP contribution in [-0.2, 0) is 14.8 Å². The van der Waals surface area contributed by atoms with E-state index in [1.54, 1.807) is 7.11 Å². The van der Waals surface area contributed by atoms with Crippen LogP contribution >= 0.6 is 0 Å². The highest BCUT2D eigenvalue weighted by atomic mass is 32.2. The van der Waals surface area contributed by atoms with Crippen LogP contribution in [0, 0.1) is 0 Å². The number of ether oxygens (including phenoxy) is 2. The lowest BCUT2D eigenvalue weighted by atomic mass is 10.0. The second-order valence-corrected chi connectivity index (χ2v) is 9.28. The first-order valence-corrected chi connectivity index (χ1v) is 11.6. The molecular weight excluding hydrogens is 396 g/mol. The molecule has 2 saturated heterocycles. The highest BCUT2D eigenvalue weighted by Gasteiger charge is 2.25. The van der Waals surface area contributed by atoms with Crippen molar-refractivity contribution in [1.82, 2.24) is 14.9 Å². The number of piperidine rings is 1. The Labute approximate surface area is 172 Å². The van der Waals surface area contributed by atoms with Crippen LogP contribution in [-0.4, -0.2) is 83.6 Å². The van der Waals surface area contributed by atoms with Crippen LogP contribution in [0.4, 0.5) is 10.5 Å². The number of carbonyl (C=O) groups is 1. The molecule has 2 aliphatic rings. The molecule has 2 amide bonds. The number of amides is 2. The van der Waals surface area contributed by atoms with Crippen LogP contribution in [0.2, 0.25) is 0 Å². The van der Waals surface area contributed by atoms with Gasteiger partial charge in [-0.25, -0.2) is 13.2 Å². The molecule has 2 N–H and O–H groups in total. The first kappa shape index (κ1) is 21.7. The lowest BCUT2D eigenvalue weighted by Gasteiger charge is -2.34. The Morgan fingerprint density at radius 2 is 1.79 bits per heavy atom. The minimum Gasteiger partial charge on any atom is -0.497 e. The maximum Gasteiger partial charge on any atom is 0.315 e. The van der Waals surface area contributed by atoms with Crippen molar-refractivity contribution >= 4 is 21.7 Å². The van der Waals surface area contributed by atoms with Crippen LogP contribution in [0.3, 0.4) is 0 Å². The SMILES string of the molecule is COc1ccc(N2CCC(NC(=O)NCCS(=O)(=O)N3CCOCC3)CC2)cc1. The molecule has 29 heavy (non-hydrogen) atoms. The van der Waals surface area contributed by atoms with Crippen molar-refractivity contribution in [2.24, 2.45) is 0 Å². The van der Waals surface area contributed by atoms with Crippen LogP contribution in [0.15, 0.2) is 24.3 Å². The summed E-state index contributed by atoms with van der Waals surface area (Å²) in [5.41, 5.74) is 1.14. The summed E-state index contributed by atoms with van der Waals surface area (Å²) >= 11 is 0. The third-order valence-electron chi connectivity index (χ3n) is 5.28. The van der Waals surface area contributed by atoms with Gasteiger partial charge in [-0.3, -0.25) is 0 Å². The molecule has 0 spiro atoms. The molecule has 2 fully saturated rings. The first-order chi connectivity index (χ1) is 14.0. The molecule has 9 nitrogen and oxygen atoms in total. The summed E-state index contributed by atoms with van der Waals surface area (Å²) in [6.07, 6.45) is 1.68. The van der Waals surface area contributed by atoms with Gasteiger partial charge >= 0.3 is 6.03 Å². The summed E-state index contributed by atoms with van der Waals surface area (Å²) in [6.45, 7) is 3.38. The standard InChI is InChI=1S/C19H30N4O5S/c1-27-18-4-2-17(3-5-18)22-9-6-16(7-10-22)21-19(24)20-8-15-29(25,26)23-11-13-28-14-12-23/h2-5,16H,6-15H2,1H3,(H2,20,21,24). The zero-order valence-corrected chi connectivity index (χ0v) is 17.6. The summed E-state index contributed by atoms with van der Waals surface area (Å²) < 4.78 is 36.3. The fourth-order valence-corrected chi connectivity index (χ4v) is 4.88. The first-order valence-electron chi connectivity index (χ1n) is 9.97. The Morgan fingerprint density at radius 3 is 2.41 bits per heavy atom. The number of nitrogens with one attached hydrogen (secondary N) is 2. The Hall–Kier alpha value is -2.04. The Morgan fingerprint density at radius 1 is 1.14 bits per heavy atom. The Balaban J connectivity index is 1.36. The molecule has 3 rings (SSSR count). The minimum absolute atomic E-state index is 0.0837. The van der Waals surface area contributed by atoms with Crippen LogP contribution in [0.1, 0.15) is 12.8 Å². The quantitative estimate of drug-likeness (QED) is 0.663. The molecule has 0 saturated carbocycles. The normalized spacial score (nSPS) is 19.0. The molecular formula is C19H30N4O5S. The van der Waals surface area contributed by atoms with Crippen molar-refractivity contribution in [3.63, 3.8) is 0 Å². The fourth-order valence-electron chi connectivity index (χ4n) is 3.56. The van der Waals surface area contributed by atoms with E-state index < -0.39 is 10.0 Å². The predicted molar refractivity (Wildman–Crippen MR) is 111 cm³/mol. The molecule has 2 aliphatic heterocycles.